The molecule has 0 bridgehead atoms. The maximum Gasteiger partial charge on any atom is 0.260 e. The lowest BCUT2D eigenvalue weighted by Gasteiger charge is -2.29. The fraction of sp³-hybridized carbons (Fsp3) is 0.481. The van der Waals surface area contributed by atoms with Gasteiger partial charge in [-0.15, -0.1) is 12.4 Å². The maximum atomic E-state index is 13.8. The lowest BCUT2D eigenvalue weighted by Crippen LogP contribution is -2.43. The summed E-state index contributed by atoms with van der Waals surface area (Å²) in [6.45, 7) is 7.18. The molecule has 1 aromatic heterocycles. The van der Waals surface area contributed by atoms with Crippen molar-refractivity contribution in [2.75, 3.05) is 57.4 Å². The summed E-state index contributed by atoms with van der Waals surface area (Å²) >= 11 is 7.71. The second-order valence-electron chi connectivity index (χ2n) is 9.82. The lowest BCUT2D eigenvalue weighted by atomic mass is 10.2. The number of amides is 1. The minimum Gasteiger partial charge on any atom is -0.379 e. The molecule has 2 aliphatic heterocycles. The smallest absolute Gasteiger partial charge is 0.260 e. The third-order valence-corrected chi connectivity index (χ3v) is 10.3. The molecule has 0 radical (unpaired) electrons. The normalized spacial score (nSPS) is 17.5. The van der Waals surface area contributed by atoms with Gasteiger partial charge in [0, 0.05) is 49.9 Å². The molecular formula is C27H34Cl2N4O4S2. The van der Waals surface area contributed by atoms with Crippen LogP contribution < -0.4 is 4.90 Å². The maximum absolute atomic E-state index is 13.8. The number of anilines is 1. The van der Waals surface area contributed by atoms with Gasteiger partial charge in [0.15, 0.2) is 5.13 Å². The number of carbonyl (C=O) groups excluding carboxylic acids is 1. The Balaban J connectivity index is 0.00000353. The predicted octanol–water partition coefficient (Wildman–Crippen LogP) is 5.22. The van der Waals surface area contributed by atoms with E-state index in [1.165, 1.54) is 11.3 Å². The van der Waals surface area contributed by atoms with Crippen molar-refractivity contribution in [3.63, 3.8) is 0 Å². The highest BCUT2D eigenvalue weighted by Gasteiger charge is 2.27. The topological polar surface area (TPSA) is 83.0 Å². The second-order valence-corrected chi connectivity index (χ2v) is 13.2. The van der Waals surface area contributed by atoms with Gasteiger partial charge in [-0.25, -0.2) is 13.4 Å². The monoisotopic (exact) mass is 612 g/mol. The molecular weight excluding hydrogens is 579 g/mol. The number of carbonyl (C=O) groups is 1. The summed E-state index contributed by atoms with van der Waals surface area (Å²) in [6, 6.07) is 10.1. The Hall–Kier alpha value is -1.79. The zero-order valence-electron chi connectivity index (χ0n) is 22.0. The Labute approximate surface area is 245 Å². The van der Waals surface area contributed by atoms with Crippen LogP contribution in [0.4, 0.5) is 5.13 Å². The fourth-order valence-electron chi connectivity index (χ4n) is 4.96. The number of hydrogen-bond acceptors (Lipinski definition) is 7. The highest BCUT2D eigenvalue weighted by Crippen LogP contribution is 2.34. The van der Waals surface area contributed by atoms with Gasteiger partial charge in [-0.05, 0) is 61.7 Å². The fourth-order valence-corrected chi connectivity index (χ4v) is 7.93. The first kappa shape index (κ1) is 30.2. The van der Waals surface area contributed by atoms with Gasteiger partial charge in [0.05, 0.1) is 28.3 Å². The minimum atomic E-state index is -3.58. The number of morpholine rings is 1. The predicted molar refractivity (Wildman–Crippen MR) is 159 cm³/mol. The number of rotatable bonds is 7. The molecule has 0 spiro atoms. The quantitative estimate of drug-likeness (QED) is 0.364. The summed E-state index contributed by atoms with van der Waals surface area (Å²) < 4.78 is 34.4. The Morgan fingerprint density at radius 2 is 1.72 bits per heavy atom. The number of thiazole rings is 1. The highest BCUT2D eigenvalue weighted by molar-refractivity contribution is 7.89. The van der Waals surface area contributed by atoms with Crippen LogP contribution in [0, 0.1) is 6.92 Å². The summed E-state index contributed by atoms with van der Waals surface area (Å²) in [5.74, 6) is -0.209. The van der Waals surface area contributed by atoms with E-state index in [-0.39, 0.29) is 23.2 Å². The number of sulfonamides is 1. The third kappa shape index (κ3) is 6.93. The van der Waals surface area contributed by atoms with E-state index in [4.69, 9.17) is 21.3 Å². The van der Waals surface area contributed by atoms with Crippen molar-refractivity contribution in [3.05, 3.63) is 52.5 Å². The largest absolute Gasteiger partial charge is 0.379 e. The number of aryl methyl sites for hydroxylation is 1. The molecule has 0 N–H and O–H groups in total. The van der Waals surface area contributed by atoms with Crippen molar-refractivity contribution in [1.82, 2.24) is 14.2 Å². The molecule has 212 valence electrons. The van der Waals surface area contributed by atoms with E-state index in [1.807, 2.05) is 19.1 Å². The first-order valence-corrected chi connectivity index (χ1v) is 15.8. The summed E-state index contributed by atoms with van der Waals surface area (Å²) in [5.41, 5.74) is 2.21. The Bertz CT molecular complexity index is 1380. The molecule has 3 heterocycles. The lowest BCUT2D eigenvalue weighted by molar-refractivity contribution is 0.0391. The van der Waals surface area contributed by atoms with E-state index in [0.29, 0.717) is 55.1 Å². The zero-order valence-corrected chi connectivity index (χ0v) is 25.2. The van der Waals surface area contributed by atoms with E-state index in [2.05, 4.69) is 4.90 Å². The average molecular weight is 614 g/mol. The molecule has 0 atom stereocenters. The molecule has 5 rings (SSSR count). The van der Waals surface area contributed by atoms with E-state index in [9.17, 15) is 13.2 Å². The number of hydrogen-bond donors (Lipinski definition) is 0. The molecule has 0 unspecified atom stereocenters. The standard InChI is InChI=1S/C27H33ClN4O4S2.ClH/c1-20-18-22(28)19-24-25(20)29-27(37-24)32(13-12-30-14-16-36-17-15-30)26(33)21-6-8-23(9-7-21)38(34,35)31-10-4-2-3-5-11-31;/h6-9,18-19H,2-5,10-17H2,1H3;1H. The Morgan fingerprint density at radius 3 is 2.38 bits per heavy atom. The van der Waals surface area contributed by atoms with Crippen LogP contribution in [0.25, 0.3) is 10.2 Å². The number of benzene rings is 2. The van der Waals surface area contributed by atoms with Crippen LogP contribution in [0.5, 0.6) is 0 Å². The number of halogens is 2. The van der Waals surface area contributed by atoms with E-state index < -0.39 is 10.0 Å². The zero-order chi connectivity index (χ0) is 26.7. The van der Waals surface area contributed by atoms with Crippen LogP contribution in [0.3, 0.4) is 0 Å². The molecule has 2 saturated heterocycles. The molecule has 0 aliphatic carbocycles. The summed E-state index contributed by atoms with van der Waals surface area (Å²) in [4.78, 5) is 22.8. The van der Waals surface area contributed by atoms with Gasteiger partial charge in [0.1, 0.15) is 0 Å². The van der Waals surface area contributed by atoms with Crippen molar-refractivity contribution >= 4 is 66.6 Å². The van der Waals surface area contributed by atoms with Gasteiger partial charge >= 0.3 is 0 Å². The third-order valence-electron chi connectivity index (χ3n) is 7.16. The number of aromatic nitrogens is 1. The van der Waals surface area contributed by atoms with Crippen LogP contribution in [-0.4, -0.2) is 81.0 Å². The molecule has 39 heavy (non-hydrogen) atoms. The number of fused-ring (bicyclic) bond motifs is 1. The second kappa shape index (κ2) is 13.2. The summed E-state index contributed by atoms with van der Waals surface area (Å²) in [6.07, 6.45) is 3.86. The molecule has 2 aromatic carbocycles. The number of ether oxygens (including phenoxy) is 1. The first-order valence-electron chi connectivity index (χ1n) is 13.1. The first-order chi connectivity index (χ1) is 18.3. The molecule has 1 amide bonds. The molecule has 2 fully saturated rings. The number of nitrogens with zero attached hydrogens (tertiary/aromatic N) is 4. The summed E-state index contributed by atoms with van der Waals surface area (Å²) in [7, 11) is -3.58. The SMILES string of the molecule is Cc1cc(Cl)cc2sc(N(CCN3CCOCC3)C(=O)c3ccc(S(=O)(=O)N4CCCCCC4)cc3)nc12.Cl. The molecule has 12 heteroatoms. The van der Waals surface area contributed by atoms with Crippen LogP contribution in [0.1, 0.15) is 41.6 Å². The Morgan fingerprint density at radius 1 is 1.05 bits per heavy atom. The van der Waals surface area contributed by atoms with Crippen LogP contribution in [0.2, 0.25) is 5.02 Å². The van der Waals surface area contributed by atoms with Gasteiger partial charge in [-0.3, -0.25) is 14.6 Å². The van der Waals surface area contributed by atoms with Gasteiger partial charge in [0.2, 0.25) is 10.0 Å². The Kier molecular flexibility index (Phi) is 10.3. The molecule has 8 nitrogen and oxygen atoms in total. The van der Waals surface area contributed by atoms with Crippen molar-refractivity contribution in [2.24, 2.45) is 0 Å². The van der Waals surface area contributed by atoms with Gasteiger partial charge in [-0.1, -0.05) is 35.8 Å². The van der Waals surface area contributed by atoms with E-state index in [0.717, 1.165) is 54.6 Å². The van der Waals surface area contributed by atoms with Crippen molar-refractivity contribution in [2.45, 2.75) is 37.5 Å². The van der Waals surface area contributed by atoms with Gasteiger partial charge < -0.3 is 4.74 Å². The van der Waals surface area contributed by atoms with Crippen molar-refractivity contribution in [3.8, 4) is 0 Å². The van der Waals surface area contributed by atoms with Crippen molar-refractivity contribution in [1.29, 1.82) is 0 Å². The van der Waals surface area contributed by atoms with Crippen LogP contribution in [0.15, 0.2) is 41.3 Å². The highest BCUT2D eigenvalue weighted by atomic mass is 35.5. The molecule has 3 aromatic rings. The average Bonchev–Trinajstić information content (AvgIpc) is 3.14. The van der Waals surface area contributed by atoms with Gasteiger partial charge in [-0.2, -0.15) is 4.31 Å². The van der Waals surface area contributed by atoms with E-state index >= 15 is 0 Å². The van der Waals surface area contributed by atoms with Gasteiger partial charge in [0.25, 0.3) is 5.91 Å². The van der Waals surface area contributed by atoms with Crippen molar-refractivity contribution < 1.29 is 17.9 Å². The summed E-state index contributed by atoms with van der Waals surface area (Å²) in [5, 5.41) is 1.24. The van der Waals surface area contributed by atoms with E-state index in [1.54, 1.807) is 33.5 Å². The van der Waals surface area contributed by atoms with Crippen LogP contribution in [-0.2, 0) is 14.8 Å². The molecule has 0 saturated carbocycles. The van der Waals surface area contributed by atoms with Crippen LogP contribution >= 0.6 is 35.3 Å². The molecule has 2 aliphatic rings. The minimum absolute atomic E-state index is 0.